The largest absolute Gasteiger partial charge is 0.451 e. The molecule has 0 saturated carbocycles. The Morgan fingerprint density at radius 2 is 2.00 bits per heavy atom. The van der Waals surface area contributed by atoms with E-state index in [1.54, 1.807) is 0 Å². The number of rotatable bonds is 4. The molecular weight excluding hydrogens is 285 g/mol. The molecule has 5 nitrogen and oxygen atoms in total. The average Bonchev–Trinajstić information content (AvgIpc) is 2.47. The number of hydrogen-bond donors (Lipinski definition) is 1. The highest BCUT2D eigenvalue weighted by atomic mass is 19.4. The minimum atomic E-state index is -4.55. The summed E-state index contributed by atoms with van der Waals surface area (Å²) in [5.41, 5.74) is 0. The van der Waals surface area contributed by atoms with Crippen molar-refractivity contribution in [1.29, 1.82) is 0 Å². The lowest BCUT2D eigenvalue weighted by atomic mass is 10.1. The molecule has 1 N–H and O–H groups in total. The molecule has 1 fully saturated rings. The monoisotopic (exact) mass is 304 g/mol. The first-order chi connectivity index (χ1) is 9.94. The highest BCUT2D eigenvalue weighted by molar-refractivity contribution is 5.49. The van der Waals surface area contributed by atoms with E-state index in [1.807, 2.05) is 11.8 Å². The van der Waals surface area contributed by atoms with Gasteiger partial charge in [0, 0.05) is 32.8 Å². The molecule has 1 aliphatic rings. The van der Waals surface area contributed by atoms with Crippen LogP contribution in [0.5, 0.6) is 0 Å². The molecule has 2 heterocycles. The number of aromatic nitrogens is 2. The molecule has 0 aliphatic carbocycles. The first-order valence-electron chi connectivity index (χ1n) is 6.94. The van der Waals surface area contributed by atoms with Crippen molar-refractivity contribution in [2.45, 2.75) is 32.0 Å². The molecule has 0 bridgehead atoms. The van der Waals surface area contributed by atoms with Crippen molar-refractivity contribution in [2.24, 2.45) is 0 Å². The van der Waals surface area contributed by atoms with E-state index >= 15 is 0 Å². The Hall–Kier alpha value is -1.57. The van der Waals surface area contributed by atoms with Crippen LogP contribution in [0.25, 0.3) is 0 Å². The molecule has 1 saturated heterocycles. The van der Waals surface area contributed by atoms with Gasteiger partial charge in [-0.05, 0) is 19.8 Å². The molecule has 118 valence electrons. The SMILES string of the molecule is CCOC1CCN(c2cc(NC)nc(C(F)(F)F)n2)CC1. The zero-order chi connectivity index (χ0) is 15.5. The lowest BCUT2D eigenvalue weighted by molar-refractivity contribution is -0.144. The van der Waals surface area contributed by atoms with Gasteiger partial charge in [0.2, 0.25) is 5.82 Å². The van der Waals surface area contributed by atoms with Crippen LogP contribution in [0.2, 0.25) is 0 Å². The van der Waals surface area contributed by atoms with Crippen molar-refractivity contribution in [3.05, 3.63) is 11.9 Å². The number of piperidine rings is 1. The van der Waals surface area contributed by atoms with Crippen molar-refractivity contribution in [3.63, 3.8) is 0 Å². The molecule has 0 amide bonds. The summed E-state index contributed by atoms with van der Waals surface area (Å²) in [7, 11) is 1.54. The second-order valence-corrected chi connectivity index (χ2v) is 4.82. The van der Waals surface area contributed by atoms with Gasteiger partial charge in [-0.2, -0.15) is 13.2 Å². The Labute approximate surface area is 121 Å². The summed E-state index contributed by atoms with van der Waals surface area (Å²) in [6, 6.07) is 1.54. The van der Waals surface area contributed by atoms with Crippen LogP contribution in [0, 0.1) is 0 Å². The third-order valence-corrected chi connectivity index (χ3v) is 3.39. The van der Waals surface area contributed by atoms with Gasteiger partial charge in [-0.1, -0.05) is 0 Å². The molecule has 1 aromatic rings. The first-order valence-corrected chi connectivity index (χ1v) is 6.94. The number of nitrogens with zero attached hydrogens (tertiary/aromatic N) is 3. The van der Waals surface area contributed by atoms with Gasteiger partial charge < -0.3 is 15.0 Å². The van der Waals surface area contributed by atoms with E-state index in [4.69, 9.17) is 4.74 Å². The second-order valence-electron chi connectivity index (χ2n) is 4.82. The summed E-state index contributed by atoms with van der Waals surface area (Å²) >= 11 is 0. The third-order valence-electron chi connectivity index (χ3n) is 3.39. The number of anilines is 2. The van der Waals surface area contributed by atoms with Crippen LogP contribution in [0.3, 0.4) is 0 Å². The van der Waals surface area contributed by atoms with Crippen molar-refractivity contribution in [2.75, 3.05) is 37.0 Å². The maximum Gasteiger partial charge on any atom is 0.451 e. The van der Waals surface area contributed by atoms with E-state index in [9.17, 15) is 13.2 Å². The maximum atomic E-state index is 12.8. The summed E-state index contributed by atoms with van der Waals surface area (Å²) < 4.78 is 44.0. The van der Waals surface area contributed by atoms with Crippen LogP contribution in [-0.4, -0.2) is 42.8 Å². The van der Waals surface area contributed by atoms with E-state index in [0.29, 0.717) is 25.5 Å². The second kappa shape index (κ2) is 6.46. The van der Waals surface area contributed by atoms with Crippen molar-refractivity contribution >= 4 is 11.6 Å². The van der Waals surface area contributed by atoms with E-state index in [2.05, 4.69) is 15.3 Å². The van der Waals surface area contributed by atoms with Gasteiger partial charge in [-0.3, -0.25) is 0 Å². The molecular formula is C13H19F3N4O. The summed E-state index contributed by atoms with van der Waals surface area (Å²) in [5.74, 6) is -0.646. The number of halogens is 3. The summed E-state index contributed by atoms with van der Waals surface area (Å²) in [4.78, 5) is 8.96. The van der Waals surface area contributed by atoms with Gasteiger partial charge >= 0.3 is 6.18 Å². The molecule has 0 atom stereocenters. The van der Waals surface area contributed by atoms with E-state index in [0.717, 1.165) is 12.8 Å². The molecule has 0 aromatic carbocycles. The van der Waals surface area contributed by atoms with E-state index in [-0.39, 0.29) is 11.9 Å². The van der Waals surface area contributed by atoms with Crippen molar-refractivity contribution in [1.82, 2.24) is 9.97 Å². The number of hydrogen-bond acceptors (Lipinski definition) is 5. The van der Waals surface area contributed by atoms with E-state index in [1.165, 1.54) is 13.1 Å². The lowest BCUT2D eigenvalue weighted by Gasteiger charge is -2.32. The Balaban J connectivity index is 2.16. The average molecular weight is 304 g/mol. The standard InChI is InChI=1S/C13H19F3N4O/c1-3-21-9-4-6-20(7-5-9)11-8-10(17-2)18-12(19-11)13(14,15)16/h8-9H,3-7H2,1-2H3,(H,17,18,19). The van der Waals surface area contributed by atoms with E-state index < -0.39 is 12.0 Å². The number of ether oxygens (including phenoxy) is 1. The summed E-state index contributed by atoms with van der Waals surface area (Å²) in [6.07, 6.45) is -2.80. The predicted molar refractivity (Wildman–Crippen MR) is 73.4 cm³/mol. The minimum absolute atomic E-state index is 0.166. The van der Waals surface area contributed by atoms with Gasteiger partial charge in [0.25, 0.3) is 0 Å². The normalized spacial score (nSPS) is 17.1. The minimum Gasteiger partial charge on any atom is -0.378 e. The molecule has 8 heteroatoms. The summed E-state index contributed by atoms with van der Waals surface area (Å²) in [5, 5.41) is 2.65. The lowest BCUT2D eigenvalue weighted by Crippen LogP contribution is -2.38. The number of nitrogens with one attached hydrogen (secondary N) is 1. The Morgan fingerprint density at radius 3 is 2.52 bits per heavy atom. The Morgan fingerprint density at radius 1 is 1.33 bits per heavy atom. The smallest absolute Gasteiger partial charge is 0.378 e. The highest BCUT2D eigenvalue weighted by Crippen LogP contribution is 2.30. The third kappa shape index (κ3) is 3.96. The predicted octanol–water partition coefficient (Wildman–Crippen LogP) is 2.54. The zero-order valence-electron chi connectivity index (χ0n) is 12.1. The van der Waals surface area contributed by atoms with Crippen LogP contribution in [0.1, 0.15) is 25.6 Å². The fourth-order valence-corrected chi connectivity index (χ4v) is 2.34. The fourth-order valence-electron chi connectivity index (χ4n) is 2.34. The Kier molecular flexibility index (Phi) is 4.87. The maximum absolute atomic E-state index is 12.8. The van der Waals surface area contributed by atoms with Gasteiger partial charge in [0.15, 0.2) is 0 Å². The molecule has 0 radical (unpaired) electrons. The van der Waals surface area contributed by atoms with Crippen molar-refractivity contribution < 1.29 is 17.9 Å². The molecule has 1 aromatic heterocycles. The molecule has 2 rings (SSSR count). The van der Waals surface area contributed by atoms with Crippen LogP contribution in [-0.2, 0) is 10.9 Å². The topological polar surface area (TPSA) is 50.3 Å². The molecule has 21 heavy (non-hydrogen) atoms. The molecule has 1 aliphatic heterocycles. The van der Waals surface area contributed by atoms with Gasteiger partial charge in [0.1, 0.15) is 11.6 Å². The van der Waals surface area contributed by atoms with Crippen molar-refractivity contribution in [3.8, 4) is 0 Å². The van der Waals surface area contributed by atoms with Crippen LogP contribution < -0.4 is 10.2 Å². The highest BCUT2D eigenvalue weighted by Gasteiger charge is 2.36. The molecule has 0 unspecified atom stereocenters. The zero-order valence-corrected chi connectivity index (χ0v) is 12.1. The number of alkyl halides is 3. The van der Waals surface area contributed by atoms with Crippen LogP contribution >= 0.6 is 0 Å². The summed E-state index contributed by atoms with van der Waals surface area (Å²) in [6.45, 7) is 3.84. The van der Waals surface area contributed by atoms with Gasteiger partial charge in [-0.25, -0.2) is 9.97 Å². The van der Waals surface area contributed by atoms with Crippen LogP contribution in [0.15, 0.2) is 6.07 Å². The van der Waals surface area contributed by atoms with Gasteiger partial charge in [-0.15, -0.1) is 0 Å². The van der Waals surface area contributed by atoms with Crippen LogP contribution in [0.4, 0.5) is 24.8 Å². The quantitative estimate of drug-likeness (QED) is 0.926. The molecule has 0 spiro atoms. The first kappa shape index (κ1) is 15.8. The Bertz CT molecular complexity index is 473. The fraction of sp³-hybridized carbons (Fsp3) is 0.692. The van der Waals surface area contributed by atoms with Gasteiger partial charge in [0.05, 0.1) is 6.10 Å².